The van der Waals surface area contributed by atoms with Crippen LogP contribution >= 0.6 is 0 Å². The van der Waals surface area contributed by atoms with Crippen LogP contribution in [0.1, 0.15) is 0 Å². The van der Waals surface area contributed by atoms with Gasteiger partial charge < -0.3 is 0 Å². The van der Waals surface area contributed by atoms with Crippen LogP contribution in [-0.2, 0) is 0 Å². The van der Waals surface area contributed by atoms with Gasteiger partial charge in [-0.15, -0.1) is 0 Å². The van der Waals surface area contributed by atoms with Crippen LogP contribution in [0.3, 0.4) is 0 Å². The third-order valence-electron chi connectivity index (χ3n) is 6.10. The Morgan fingerprint density at radius 1 is 0.394 bits per heavy atom. The molecule has 0 spiro atoms. The fraction of sp³-hybridized carbons (Fsp3) is 0. The van der Waals surface area contributed by atoms with Gasteiger partial charge in [0, 0.05) is 0 Å². The Balaban J connectivity index is 1.86. The summed E-state index contributed by atoms with van der Waals surface area (Å²) >= 11 is 0. The van der Waals surface area contributed by atoms with Crippen LogP contribution in [-0.4, -0.2) is 24.5 Å². The van der Waals surface area contributed by atoms with Gasteiger partial charge in [0.25, 0.3) is 0 Å². The van der Waals surface area contributed by atoms with Gasteiger partial charge in [-0.3, -0.25) is 0 Å². The van der Waals surface area contributed by atoms with E-state index in [2.05, 4.69) is 152 Å². The van der Waals surface area contributed by atoms with Gasteiger partial charge in [-0.05, 0) is 0 Å². The molecule has 5 rings (SSSR count). The van der Waals surface area contributed by atoms with Gasteiger partial charge in [0.15, 0.2) is 0 Å². The van der Waals surface area contributed by atoms with E-state index in [1.165, 1.54) is 25.9 Å². The Morgan fingerprint density at radius 2 is 0.727 bits per heavy atom. The zero-order valence-corrected chi connectivity index (χ0v) is 21.4. The second kappa shape index (κ2) is 10.1. The maximum Gasteiger partial charge on any atom is 0.139 e. The van der Waals surface area contributed by atoms with Crippen LogP contribution in [0.4, 0.5) is 0 Å². The number of benzene rings is 5. The van der Waals surface area contributed by atoms with E-state index in [4.69, 9.17) is 0 Å². The molecule has 0 atom stereocenters. The Bertz CT molecular complexity index is 1160. The van der Waals surface area contributed by atoms with E-state index >= 15 is 0 Å². The van der Waals surface area contributed by atoms with Crippen molar-refractivity contribution in [3.8, 4) is 0 Å². The molecule has 0 bridgehead atoms. The fourth-order valence-electron chi connectivity index (χ4n) is 4.65. The summed E-state index contributed by atoms with van der Waals surface area (Å²) in [5.74, 6) is 0. The van der Waals surface area contributed by atoms with E-state index in [1.807, 2.05) is 0 Å². The van der Waals surface area contributed by atoms with Gasteiger partial charge in [-0.2, -0.15) is 0 Å². The third-order valence-corrected chi connectivity index (χ3v) is 24.9. The molecule has 0 aliphatic rings. The highest BCUT2D eigenvalue weighted by Crippen LogP contribution is 2.12. The minimum atomic E-state index is -2.36. The molecule has 0 heterocycles. The van der Waals surface area contributed by atoms with E-state index in [-0.39, 0.29) is 0 Å². The lowest BCUT2D eigenvalue weighted by Crippen LogP contribution is -2.81. The van der Waals surface area contributed by atoms with Gasteiger partial charge in [0.1, 0.15) is 7.59 Å². The van der Waals surface area contributed by atoms with Gasteiger partial charge in [-0.1, -0.05) is 178 Å². The van der Waals surface area contributed by atoms with Crippen molar-refractivity contribution in [2.24, 2.45) is 0 Å². The predicted molar refractivity (Wildman–Crippen MR) is 148 cm³/mol. The highest BCUT2D eigenvalue weighted by atomic mass is 29.6. The smallest absolute Gasteiger partial charge is 0.0673 e. The molecule has 0 unspecified atom stereocenters. The van der Waals surface area contributed by atoms with Crippen LogP contribution < -0.4 is 25.9 Å². The van der Waals surface area contributed by atoms with Crippen LogP contribution in [0.25, 0.3) is 0 Å². The first kappa shape index (κ1) is 21.6. The second-order valence-electron chi connectivity index (χ2n) is 8.08. The Morgan fingerprint density at radius 3 is 1.12 bits per heavy atom. The van der Waals surface area contributed by atoms with Gasteiger partial charge >= 0.3 is 0 Å². The monoisotopic (exact) mass is 469 g/mol. The minimum absolute atomic E-state index is 0.765. The first-order valence-corrected chi connectivity index (χ1v) is 17.8. The lowest BCUT2D eigenvalue weighted by Gasteiger charge is -2.40. The Hall–Kier alpha value is -3.25. The van der Waals surface area contributed by atoms with Crippen LogP contribution in [0.15, 0.2) is 152 Å². The molecule has 0 aliphatic carbocycles. The highest BCUT2D eigenvalue weighted by molar-refractivity contribution is 7.67. The number of hydrogen-bond acceptors (Lipinski definition) is 0. The van der Waals surface area contributed by atoms with Gasteiger partial charge in [-0.25, -0.2) is 0 Å². The summed E-state index contributed by atoms with van der Waals surface area (Å²) < 4.78 is 0. The van der Waals surface area contributed by atoms with E-state index in [0.717, 1.165) is 9.04 Å². The normalized spacial score (nSPS) is 11.4. The molecule has 3 radical (unpaired) electrons. The summed E-state index contributed by atoms with van der Waals surface area (Å²) in [7, 11) is -2.66. The highest BCUT2D eigenvalue weighted by Gasteiger charge is 2.48. The molecule has 3 heteroatoms. The molecule has 33 heavy (non-hydrogen) atoms. The third kappa shape index (κ3) is 4.35. The van der Waals surface area contributed by atoms with E-state index in [1.54, 1.807) is 0 Å². The molecule has 0 aliphatic heterocycles. The maximum atomic E-state index is 2.38. The van der Waals surface area contributed by atoms with E-state index in [9.17, 15) is 0 Å². The summed E-state index contributed by atoms with van der Waals surface area (Å²) in [6, 6.07) is 56.5. The molecule has 0 nitrogen and oxygen atoms in total. The average molecular weight is 470 g/mol. The maximum absolute atomic E-state index is 2.38. The summed E-state index contributed by atoms with van der Waals surface area (Å²) in [6.07, 6.45) is 0. The quantitative estimate of drug-likeness (QED) is 0.254. The first-order chi connectivity index (χ1) is 16.4. The van der Waals surface area contributed by atoms with Crippen LogP contribution in [0.2, 0.25) is 0 Å². The van der Waals surface area contributed by atoms with Crippen molar-refractivity contribution in [2.45, 2.75) is 0 Å². The Labute approximate surface area is 201 Å². The van der Waals surface area contributed by atoms with E-state index < -0.39 is 15.4 Å². The minimum Gasteiger partial charge on any atom is -0.0673 e. The topological polar surface area (TPSA) is 0 Å². The molecular formula is C30H25Si3. The summed E-state index contributed by atoms with van der Waals surface area (Å²) in [4.78, 5) is 0. The Kier molecular flexibility index (Phi) is 6.63. The SMILES string of the molecule is c1ccc([Si][Si](c2ccccc2)[Si](c2ccccc2)(c2ccccc2)c2ccccc2)cc1. The van der Waals surface area contributed by atoms with Crippen molar-refractivity contribution in [1.82, 2.24) is 0 Å². The van der Waals surface area contributed by atoms with Gasteiger partial charge in [0.2, 0.25) is 0 Å². The fourth-order valence-corrected chi connectivity index (χ4v) is 26.2. The molecule has 5 aromatic rings. The molecule has 0 saturated heterocycles. The van der Waals surface area contributed by atoms with Crippen molar-refractivity contribution >= 4 is 50.4 Å². The van der Waals surface area contributed by atoms with Crippen molar-refractivity contribution in [3.05, 3.63) is 152 Å². The molecule has 0 N–H and O–H groups in total. The van der Waals surface area contributed by atoms with Crippen LogP contribution in [0.5, 0.6) is 0 Å². The zero-order valence-electron chi connectivity index (χ0n) is 18.4. The molecule has 5 aromatic carbocycles. The molecule has 0 fully saturated rings. The van der Waals surface area contributed by atoms with Crippen molar-refractivity contribution in [1.29, 1.82) is 0 Å². The van der Waals surface area contributed by atoms with Gasteiger partial charge in [0.05, 0.1) is 16.9 Å². The number of rotatable bonds is 7. The lowest BCUT2D eigenvalue weighted by atomic mass is 10.3. The van der Waals surface area contributed by atoms with Crippen molar-refractivity contribution in [3.63, 3.8) is 0 Å². The first-order valence-electron chi connectivity index (χ1n) is 11.3. The largest absolute Gasteiger partial charge is 0.139 e. The zero-order chi connectivity index (χ0) is 22.3. The van der Waals surface area contributed by atoms with Crippen molar-refractivity contribution in [2.75, 3.05) is 0 Å². The summed E-state index contributed by atoms with van der Waals surface area (Å²) in [6.45, 7) is 0. The predicted octanol–water partition coefficient (Wildman–Crippen LogP) is 3.16. The van der Waals surface area contributed by atoms with E-state index in [0.29, 0.717) is 0 Å². The lowest BCUT2D eigenvalue weighted by molar-refractivity contribution is 1.70. The molecule has 0 amide bonds. The van der Waals surface area contributed by atoms with Crippen LogP contribution in [0, 0.1) is 0 Å². The van der Waals surface area contributed by atoms with Crippen molar-refractivity contribution < 1.29 is 0 Å². The molecule has 157 valence electrons. The summed E-state index contributed by atoms with van der Waals surface area (Å²) in [5.41, 5.74) is 0. The summed E-state index contributed by atoms with van der Waals surface area (Å²) in [5, 5.41) is 7.48. The standard InChI is InChI=1S/C30H25Si3/c1-6-16-26(17-7-1)31-32(27-18-8-2-9-19-27)33(28-20-10-3-11-21-28,29-22-12-4-13-23-29)30-24-14-5-15-25-30/h1-25H. The molecular weight excluding hydrogens is 445 g/mol. The number of hydrogen-bond donors (Lipinski definition) is 0. The molecule has 0 aromatic heterocycles. The molecule has 0 saturated carbocycles. The average Bonchev–Trinajstić information content (AvgIpc) is 2.91. The second-order valence-corrected chi connectivity index (χ2v) is 21.0.